The molecule has 1 fully saturated rings. The lowest BCUT2D eigenvalue weighted by atomic mass is 9.77. The molecule has 2 aliphatic rings. The average molecular weight is 489 g/mol. The van der Waals surface area contributed by atoms with Gasteiger partial charge in [-0.3, -0.25) is 9.59 Å². The molecule has 1 aliphatic heterocycles. The number of amides is 1. The van der Waals surface area contributed by atoms with Crippen molar-refractivity contribution in [3.05, 3.63) is 59.8 Å². The second kappa shape index (κ2) is 10.2. The van der Waals surface area contributed by atoms with Crippen molar-refractivity contribution in [1.29, 1.82) is 0 Å². The molecule has 3 aromatic rings. The number of nitrogens with one attached hydrogen (secondary N) is 1. The van der Waals surface area contributed by atoms with Crippen LogP contribution in [-0.4, -0.2) is 45.1 Å². The molecule has 4 N–H and O–H groups in total. The highest BCUT2D eigenvalue weighted by Crippen LogP contribution is 2.38. The van der Waals surface area contributed by atoms with E-state index in [9.17, 15) is 9.59 Å². The normalized spacial score (nSPS) is 19.7. The Hall–Kier alpha value is -4.21. The van der Waals surface area contributed by atoms with E-state index in [1.54, 1.807) is 23.2 Å². The fraction of sp³-hybridized carbons (Fsp3) is 0.346. The highest BCUT2D eigenvalue weighted by Gasteiger charge is 2.30. The number of carboxylic acid groups (broad SMARTS) is 1. The van der Waals surface area contributed by atoms with Crippen molar-refractivity contribution in [3.8, 4) is 5.88 Å². The number of nitrogens with two attached hydrogens (primary N) is 1. The molecule has 0 atom stereocenters. The van der Waals surface area contributed by atoms with Gasteiger partial charge in [0.05, 0.1) is 6.54 Å². The number of nitrogen functional groups attached to an aromatic ring is 1. The van der Waals surface area contributed by atoms with Gasteiger partial charge in [0.1, 0.15) is 23.8 Å². The van der Waals surface area contributed by atoms with Gasteiger partial charge in [0, 0.05) is 18.3 Å². The molecule has 0 bridgehead atoms. The maximum absolute atomic E-state index is 13.4. The molecule has 3 heterocycles. The molecule has 186 valence electrons. The van der Waals surface area contributed by atoms with Crippen LogP contribution in [0.4, 0.5) is 23.3 Å². The zero-order valence-corrected chi connectivity index (χ0v) is 19.8. The minimum absolute atomic E-state index is 0.0325. The van der Waals surface area contributed by atoms with E-state index in [1.807, 2.05) is 18.2 Å². The second-order valence-electron chi connectivity index (χ2n) is 9.16. The van der Waals surface area contributed by atoms with Crippen molar-refractivity contribution >= 4 is 35.1 Å². The van der Waals surface area contributed by atoms with Gasteiger partial charge in [-0.1, -0.05) is 18.2 Å². The molecular formula is C26H28N6O4. The van der Waals surface area contributed by atoms with Gasteiger partial charge in [-0.05, 0) is 67.3 Å². The Kier molecular flexibility index (Phi) is 6.66. The van der Waals surface area contributed by atoms with Crippen LogP contribution in [-0.2, 0) is 4.79 Å². The van der Waals surface area contributed by atoms with E-state index in [1.165, 1.54) is 5.56 Å². The van der Waals surface area contributed by atoms with Gasteiger partial charge >= 0.3 is 5.97 Å². The number of hydrogen-bond acceptors (Lipinski definition) is 8. The van der Waals surface area contributed by atoms with Crippen LogP contribution in [0, 0.1) is 5.92 Å². The van der Waals surface area contributed by atoms with Crippen LogP contribution in [0.25, 0.3) is 0 Å². The van der Waals surface area contributed by atoms with E-state index >= 15 is 0 Å². The molecule has 1 amide bonds. The van der Waals surface area contributed by atoms with Crippen molar-refractivity contribution in [2.75, 3.05) is 29.1 Å². The van der Waals surface area contributed by atoms with Gasteiger partial charge in [0.25, 0.3) is 5.91 Å². The van der Waals surface area contributed by atoms with Crippen LogP contribution >= 0.6 is 0 Å². The molecule has 10 heteroatoms. The van der Waals surface area contributed by atoms with Crippen LogP contribution in [0.5, 0.6) is 5.88 Å². The summed E-state index contributed by atoms with van der Waals surface area (Å²) in [7, 11) is 0. The topological polar surface area (TPSA) is 144 Å². The second-order valence-corrected chi connectivity index (χ2v) is 9.16. The first-order chi connectivity index (χ1) is 17.5. The van der Waals surface area contributed by atoms with Gasteiger partial charge in [-0.2, -0.15) is 9.97 Å². The van der Waals surface area contributed by atoms with E-state index < -0.39 is 5.97 Å². The van der Waals surface area contributed by atoms with Crippen LogP contribution in [0.3, 0.4) is 0 Å². The Morgan fingerprint density at radius 2 is 1.89 bits per heavy atom. The quantitative estimate of drug-likeness (QED) is 0.469. The van der Waals surface area contributed by atoms with E-state index in [0.717, 1.165) is 31.4 Å². The van der Waals surface area contributed by atoms with Gasteiger partial charge in [-0.15, -0.1) is 0 Å². The summed E-state index contributed by atoms with van der Waals surface area (Å²) in [5, 5.41) is 12.0. The first-order valence-corrected chi connectivity index (χ1v) is 12.1. The summed E-state index contributed by atoms with van der Waals surface area (Å²) in [5.41, 5.74) is 8.28. The smallest absolute Gasteiger partial charge is 0.303 e. The third-order valence-corrected chi connectivity index (χ3v) is 6.81. The number of carbonyl (C=O) groups is 2. The summed E-state index contributed by atoms with van der Waals surface area (Å²) in [5.74, 6) is 0.562. The van der Waals surface area contributed by atoms with Crippen molar-refractivity contribution in [1.82, 2.24) is 15.0 Å². The van der Waals surface area contributed by atoms with Crippen molar-refractivity contribution < 1.29 is 19.4 Å². The summed E-state index contributed by atoms with van der Waals surface area (Å²) in [6.45, 7) is 0.602. The average Bonchev–Trinajstić information content (AvgIpc) is 3.04. The van der Waals surface area contributed by atoms with Gasteiger partial charge in [0.2, 0.25) is 11.8 Å². The molecule has 1 aliphatic carbocycles. The molecule has 0 spiro atoms. The highest BCUT2D eigenvalue weighted by atomic mass is 16.5. The SMILES string of the molecule is Nc1nc(Nc2ccccn2)nc2c1C(=O)N(c1ccc([C@H]3CC[C@H](CC(=O)O)CC3)cc1)CCO2. The number of pyridine rings is 1. The molecule has 0 radical (unpaired) electrons. The maximum atomic E-state index is 13.4. The molecule has 10 nitrogen and oxygen atoms in total. The van der Waals surface area contributed by atoms with Gasteiger partial charge in [-0.25, -0.2) is 4.98 Å². The third-order valence-electron chi connectivity index (χ3n) is 6.81. The minimum atomic E-state index is -0.720. The van der Waals surface area contributed by atoms with Crippen LogP contribution in [0.15, 0.2) is 48.7 Å². The Morgan fingerprint density at radius 1 is 1.11 bits per heavy atom. The first-order valence-electron chi connectivity index (χ1n) is 12.1. The standard InChI is InChI=1S/C26H28N6O4/c27-23-22-24(31-26(30-23)29-20-3-1-2-12-28-20)36-14-13-32(25(22)35)19-10-8-18(9-11-19)17-6-4-16(5-7-17)15-21(33)34/h1-3,8-12,16-17H,4-7,13-15H2,(H,33,34)(H3,27,28,29,30,31)/t16-,17-. The number of anilines is 4. The van der Waals surface area contributed by atoms with E-state index in [-0.39, 0.29) is 48.1 Å². The Labute approximate surface area is 208 Å². The molecule has 1 aromatic carbocycles. The van der Waals surface area contributed by atoms with Gasteiger partial charge < -0.3 is 25.8 Å². The Morgan fingerprint density at radius 3 is 2.58 bits per heavy atom. The molecule has 0 saturated heterocycles. The number of fused-ring (bicyclic) bond motifs is 1. The number of benzene rings is 1. The predicted molar refractivity (Wildman–Crippen MR) is 135 cm³/mol. The Bertz CT molecular complexity index is 1240. The van der Waals surface area contributed by atoms with Crippen LogP contribution in [0.2, 0.25) is 0 Å². The number of carbonyl (C=O) groups excluding carboxylic acids is 1. The zero-order chi connectivity index (χ0) is 25.1. The van der Waals surface area contributed by atoms with Crippen LogP contribution < -0.4 is 20.7 Å². The molecule has 1 saturated carbocycles. The predicted octanol–water partition coefficient (Wildman–Crippen LogP) is 3.99. The number of carboxylic acids is 1. The van der Waals surface area contributed by atoms with Crippen molar-refractivity contribution in [2.24, 2.45) is 5.92 Å². The molecule has 5 rings (SSSR count). The lowest BCUT2D eigenvalue weighted by Gasteiger charge is -2.28. The molecule has 36 heavy (non-hydrogen) atoms. The number of hydrogen-bond donors (Lipinski definition) is 3. The van der Waals surface area contributed by atoms with Crippen molar-refractivity contribution in [2.45, 2.75) is 38.0 Å². The largest absolute Gasteiger partial charge is 0.481 e. The van der Waals surface area contributed by atoms with E-state index in [4.69, 9.17) is 15.6 Å². The zero-order valence-electron chi connectivity index (χ0n) is 19.8. The number of ether oxygens (including phenoxy) is 1. The summed E-state index contributed by atoms with van der Waals surface area (Å²) in [6, 6.07) is 13.4. The highest BCUT2D eigenvalue weighted by molar-refractivity contribution is 6.10. The maximum Gasteiger partial charge on any atom is 0.303 e. The molecule has 2 aromatic heterocycles. The summed E-state index contributed by atoms with van der Waals surface area (Å²) >= 11 is 0. The molecule has 0 unspecified atom stereocenters. The molecular weight excluding hydrogens is 460 g/mol. The first kappa shape index (κ1) is 23.5. The summed E-state index contributed by atoms with van der Waals surface area (Å²) in [6.07, 6.45) is 5.69. The number of aromatic nitrogens is 3. The van der Waals surface area contributed by atoms with Crippen molar-refractivity contribution in [3.63, 3.8) is 0 Å². The number of aliphatic carboxylic acids is 1. The minimum Gasteiger partial charge on any atom is -0.481 e. The number of rotatable bonds is 6. The van der Waals surface area contributed by atoms with Crippen LogP contribution in [0.1, 0.15) is 53.9 Å². The lowest BCUT2D eigenvalue weighted by molar-refractivity contribution is -0.138. The Balaban J connectivity index is 1.31. The monoisotopic (exact) mass is 488 g/mol. The fourth-order valence-corrected chi connectivity index (χ4v) is 4.96. The van der Waals surface area contributed by atoms with E-state index in [0.29, 0.717) is 18.3 Å². The third kappa shape index (κ3) is 5.07. The van der Waals surface area contributed by atoms with Gasteiger partial charge in [0.15, 0.2) is 0 Å². The lowest BCUT2D eigenvalue weighted by Crippen LogP contribution is -2.32. The number of nitrogens with zero attached hydrogens (tertiary/aromatic N) is 4. The summed E-state index contributed by atoms with van der Waals surface area (Å²) < 4.78 is 5.79. The summed E-state index contributed by atoms with van der Waals surface area (Å²) in [4.78, 5) is 38.9. The fourth-order valence-electron chi connectivity index (χ4n) is 4.96. The van der Waals surface area contributed by atoms with E-state index in [2.05, 4.69) is 32.4 Å².